The molecule has 0 aliphatic heterocycles. The second-order valence-electron chi connectivity index (χ2n) is 7.56. The summed E-state index contributed by atoms with van der Waals surface area (Å²) >= 11 is 0. The molecule has 0 radical (unpaired) electrons. The lowest BCUT2D eigenvalue weighted by Gasteiger charge is -2.35. The molecule has 24 heavy (non-hydrogen) atoms. The molecule has 2 saturated carbocycles. The van der Waals surface area contributed by atoms with Crippen LogP contribution in [0.5, 0.6) is 0 Å². The van der Waals surface area contributed by atoms with E-state index in [4.69, 9.17) is 0 Å². The molecular weight excluding hydrogens is 308 g/mol. The van der Waals surface area contributed by atoms with Crippen molar-refractivity contribution < 1.29 is 13.6 Å². The van der Waals surface area contributed by atoms with Crippen LogP contribution in [0.25, 0.3) is 0 Å². The summed E-state index contributed by atoms with van der Waals surface area (Å²) in [6.07, 6.45) is 12.2. The number of amides is 1. The molecule has 0 aromatic heterocycles. The highest BCUT2D eigenvalue weighted by Gasteiger charge is 2.29. The molecule has 0 spiro atoms. The highest BCUT2D eigenvalue weighted by molar-refractivity contribution is 5.90. The Bertz CT molecular complexity index is 561. The topological polar surface area (TPSA) is 29.1 Å². The van der Waals surface area contributed by atoms with Gasteiger partial charge in [0.2, 0.25) is 5.91 Å². The number of rotatable bonds is 4. The average Bonchev–Trinajstić information content (AvgIpc) is 2.59. The summed E-state index contributed by atoms with van der Waals surface area (Å²) in [7, 11) is 0. The van der Waals surface area contributed by atoms with E-state index >= 15 is 0 Å². The first-order valence-electron chi connectivity index (χ1n) is 9.36. The van der Waals surface area contributed by atoms with Crippen LogP contribution in [0.4, 0.5) is 14.5 Å². The third-order valence-corrected chi connectivity index (χ3v) is 5.89. The van der Waals surface area contributed by atoms with Gasteiger partial charge in [-0.15, -0.1) is 0 Å². The molecule has 0 atom stereocenters. The molecule has 0 heterocycles. The minimum atomic E-state index is -0.930. The fourth-order valence-corrected chi connectivity index (χ4v) is 4.52. The zero-order valence-corrected chi connectivity index (χ0v) is 14.2. The molecule has 0 unspecified atom stereocenters. The van der Waals surface area contributed by atoms with Crippen LogP contribution in [0.3, 0.4) is 0 Å². The van der Waals surface area contributed by atoms with Gasteiger partial charge in [-0.2, -0.15) is 0 Å². The number of halogens is 2. The van der Waals surface area contributed by atoms with E-state index in [1.165, 1.54) is 51.0 Å². The summed E-state index contributed by atoms with van der Waals surface area (Å²) in [6, 6.07) is 3.48. The van der Waals surface area contributed by atoms with Crippen molar-refractivity contribution in [2.24, 2.45) is 17.8 Å². The van der Waals surface area contributed by atoms with E-state index in [2.05, 4.69) is 5.32 Å². The molecule has 2 aliphatic rings. The van der Waals surface area contributed by atoms with Crippen molar-refractivity contribution >= 4 is 11.6 Å². The van der Waals surface area contributed by atoms with Gasteiger partial charge in [-0.3, -0.25) is 4.79 Å². The van der Waals surface area contributed by atoms with Gasteiger partial charge in [-0.1, -0.05) is 32.1 Å². The van der Waals surface area contributed by atoms with E-state index in [-0.39, 0.29) is 5.91 Å². The lowest BCUT2D eigenvalue weighted by molar-refractivity contribution is -0.117. The summed E-state index contributed by atoms with van der Waals surface area (Å²) in [6.45, 7) is 0. The molecule has 1 amide bonds. The third-order valence-electron chi connectivity index (χ3n) is 5.89. The largest absolute Gasteiger partial charge is 0.326 e. The SMILES string of the molecule is O=C(C[C@H]1CC[C@@H](C2CCCCC2)CC1)Nc1ccc(F)c(F)c1. The molecular formula is C20H27F2NO. The smallest absolute Gasteiger partial charge is 0.224 e. The maximum atomic E-state index is 13.2. The minimum Gasteiger partial charge on any atom is -0.326 e. The highest BCUT2D eigenvalue weighted by Crippen LogP contribution is 2.40. The number of hydrogen-bond donors (Lipinski definition) is 1. The zero-order chi connectivity index (χ0) is 16.9. The van der Waals surface area contributed by atoms with Gasteiger partial charge in [0.25, 0.3) is 0 Å². The average molecular weight is 335 g/mol. The Morgan fingerprint density at radius 2 is 1.58 bits per heavy atom. The first-order chi connectivity index (χ1) is 11.6. The number of benzene rings is 1. The van der Waals surface area contributed by atoms with Gasteiger partial charge in [0.1, 0.15) is 0 Å². The second-order valence-corrected chi connectivity index (χ2v) is 7.56. The van der Waals surface area contributed by atoms with Gasteiger partial charge in [-0.05, 0) is 55.6 Å². The number of carbonyl (C=O) groups is 1. The van der Waals surface area contributed by atoms with Crippen LogP contribution in [-0.4, -0.2) is 5.91 Å². The predicted molar refractivity (Wildman–Crippen MR) is 91.6 cm³/mol. The van der Waals surface area contributed by atoms with Crippen molar-refractivity contribution in [1.29, 1.82) is 0 Å². The number of nitrogens with one attached hydrogen (secondary N) is 1. The van der Waals surface area contributed by atoms with Crippen molar-refractivity contribution in [2.75, 3.05) is 5.32 Å². The van der Waals surface area contributed by atoms with E-state index in [1.54, 1.807) is 0 Å². The van der Waals surface area contributed by atoms with Gasteiger partial charge >= 0.3 is 0 Å². The monoisotopic (exact) mass is 335 g/mol. The van der Waals surface area contributed by atoms with Crippen LogP contribution in [0.15, 0.2) is 18.2 Å². The van der Waals surface area contributed by atoms with Crippen LogP contribution in [0, 0.1) is 29.4 Å². The van der Waals surface area contributed by atoms with E-state index < -0.39 is 11.6 Å². The Labute approximate surface area is 143 Å². The first kappa shape index (κ1) is 17.4. The fraction of sp³-hybridized carbons (Fsp3) is 0.650. The number of hydrogen-bond acceptors (Lipinski definition) is 1. The van der Waals surface area contributed by atoms with Crippen molar-refractivity contribution in [3.05, 3.63) is 29.8 Å². The minimum absolute atomic E-state index is 0.0953. The Hall–Kier alpha value is -1.45. The van der Waals surface area contributed by atoms with Crippen LogP contribution < -0.4 is 5.32 Å². The Morgan fingerprint density at radius 1 is 0.917 bits per heavy atom. The maximum Gasteiger partial charge on any atom is 0.224 e. The molecule has 132 valence electrons. The third kappa shape index (κ3) is 4.55. The molecule has 0 saturated heterocycles. The summed E-state index contributed by atoms with van der Waals surface area (Å²) in [4.78, 5) is 12.1. The van der Waals surface area contributed by atoms with E-state index in [0.717, 1.165) is 36.8 Å². The molecule has 1 aromatic rings. The van der Waals surface area contributed by atoms with E-state index in [0.29, 0.717) is 18.0 Å². The Kier molecular flexibility index (Phi) is 5.85. The van der Waals surface area contributed by atoms with E-state index in [9.17, 15) is 13.6 Å². The molecule has 2 aliphatic carbocycles. The first-order valence-corrected chi connectivity index (χ1v) is 9.36. The molecule has 4 heteroatoms. The van der Waals surface area contributed by atoms with Gasteiger partial charge in [0.15, 0.2) is 11.6 Å². The fourth-order valence-electron chi connectivity index (χ4n) is 4.52. The van der Waals surface area contributed by atoms with Crippen molar-refractivity contribution in [1.82, 2.24) is 0 Å². The second kappa shape index (κ2) is 8.09. The standard InChI is InChI=1S/C20H27F2NO/c21-18-11-10-17(13-19(18)22)23-20(24)12-14-6-8-16(9-7-14)15-4-2-1-3-5-15/h10-11,13-16H,1-9,12H2,(H,23,24)/t14-,16+. The van der Waals surface area contributed by atoms with Gasteiger partial charge in [-0.25, -0.2) is 8.78 Å². The lowest BCUT2D eigenvalue weighted by atomic mass is 9.70. The van der Waals surface area contributed by atoms with Crippen molar-refractivity contribution in [3.8, 4) is 0 Å². The lowest BCUT2D eigenvalue weighted by Crippen LogP contribution is -2.25. The van der Waals surface area contributed by atoms with Gasteiger partial charge in [0, 0.05) is 18.2 Å². The van der Waals surface area contributed by atoms with Gasteiger partial charge < -0.3 is 5.32 Å². The zero-order valence-electron chi connectivity index (χ0n) is 14.2. The molecule has 2 nitrogen and oxygen atoms in total. The molecule has 3 rings (SSSR count). The van der Waals surface area contributed by atoms with Crippen LogP contribution in [0.2, 0.25) is 0 Å². The van der Waals surface area contributed by atoms with Crippen molar-refractivity contribution in [3.63, 3.8) is 0 Å². The normalized spacial score (nSPS) is 25.4. The number of carbonyl (C=O) groups excluding carboxylic acids is 1. The molecule has 1 N–H and O–H groups in total. The Balaban J connectivity index is 1.43. The van der Waals surface area contributed by atoms with Gasteiger partial charge in [0.05, 0.1) is 0 Å². The molecule has 1 aromatic carbocycles. The summed E-state index contributed by atoms with van der Waals surface area (Å²) in [5.74, 6) is 0.276. The van der Waals surface area contributed by atoms with Crippen LogP contribution in [0.1, 0.15) is 64.2 Å². The highest BCUT2D eigenvalue weighted by atomic mass is 19.2. The maximum absolute atomic E-state index is 13.2. The quantitative estimate of drug-likeness (QED) is 0.753. The summed E-state index contributed by atoms with van der Waals surface area (Å²) < 4.78 is 26.1. The number of anilines is 1. The van der Waals surface area contributed by atoms with E-state index in [1.807, 2.05) is 0 Å². The summed E-state index contributed by atoms with van der Waals surface area (Å²) in [5.41, 5.74) is 0.329. The summed E-state index contributed by atoms with van der Waals surface area (Å²) in [5, 5.41) is 2.69. The predicted octanol–water partition coefficient (Wildman–Crippen LogP) is 5.68. The van der Waals surface area contributed by atoms with Crippen LogP contribution >= 0.6 is 0 Å². The molecule has 2 fully saturated rings. The Morgan fingerprint density at radius 3 is 2.25 bits per heavy atom. The molecule has 0 bridgehead atoms. The van der Waals surface area contributed by atoms with Crippen LogP contribution in [-0.2, 0) is 4.79 Å². The van der Waals surface area contributed by atoms with Crippen molar-refractivity contribution in [2.45, 2.75) is 64.2 Å².